The minimum atomic E-state index is -0.509. The number of nitrogens with one attached hydrogen (secondary N) is 1. The molecule has 0 saturated heterocycles. The van der Waals surface area contributed by atoms with Crippen LogP contribution in [-0.4, -0.2) is 20.5 Å². The summed E-state index contributed by atoms with van der Waals surface area (Å²) < 4.78 is 5.22. The summed E-state index contributed by atoms with van der Waals surface area (Å²) in [7, 11) is 2.07. The predicted molar refractivity (Wildman–Crippen MR) is 93.8 cm³/mol. The molecule has 0 unspecified atom stereocenters. The van der Waals surface area contributed by atoms with Gasteiger partial charge in [-0.05, 0) is 35.7 Å². The second kappa shape index (κ2) is 8.04. The lowest BCUT2D eigenvalue weighted by molar-refractivity contribution is 0.163. The van der Waals surface area contributed by atoms with E-state index in [9.17, 15) is 4.79 Å². The normalized spacial score (nSPS) is 9.91. The van der Waals surface area contributed by atoms with E-state index in [0.29, 0.717) is 24.3 Å². The van der Waals surface area contributed by atoms with Crippen LogP contribution < -0.4 is 10.8 Å². The first-order valence-electron chi connectivity index (χ1n) is 7.64. The van der Waals surface area contributed by atoms with Gasteiger partial charge < -0.3 is 4.74 Å². The Morgan fingerprint density at radius 1 is 1.26 bits per heavy atom. The van der Waals surface area contributed by atoms with Crippen molar-refractivity contribution >= 4 is 25.1 Å². The molecule has 0 aliphatic carbocycles. The van der Waals surface area contributed by atoms with E-state index < -0.39 is 6.09 Å². The summed E-state index contributed by atoms with van der Waals surface area (Å²) in [6, 6.07) is 15.1. The highest BCUT2D eigenvalue weighted by molar-refractivity contribution is 6.32. The first-order chi connectivity index (χ1) is 11.1. The van der Waals surface area contributed by atoms with Crippen LogP contribution in [0.15, 0.2) is 42.5 Å². The van der Waals surface area contributed by atoms with Crippen molar-refractivity contribution in [1.29, 1.82) is 5.26 Å². The zero-order valence-corrected chi connectivity index (χ0v) is 13.4. The molecular weight excluding hydrogens is 287 g/mol. The van der Waals surface area contributed by atoms with Gasteiger partial charge in [0.2, 0.25) is 0 Å². The molecule has 0 radical (unpaired) electrons. The average Bonchev–Trinajstić information content (AvgIpc) is 2.56. The van der Waals surface area contributed by atoms with Crippen LogP contribution in [0.3, 0.4) is 0 Å². The van der Waals surface area contributed by atoms with Crippen LogP contribution in [0.1, 0.15) is 23.6 Å². The van der Waals surface area contributed by atoms with Crippen molar-refractivity contribution in [2.24, 2.45) is 0 Å². The molecule has 2 rings (SSSR count). The van der Waals surface area contributed by atoms with Crippen LogP contribution in [0.4, 0.5) is 10.5 Å². The molecule has 1 N–H and O–H groups in total. The van der Waals surface area contributed by atoms with E-state index in [0.717, 1.165) is 6.42 Å². The summed E-state index contributed by atoms with van der Waals surface area (Å²) in [5.74, 6) is 0. The highest BCUT2D eigenvalue weighted by Gasteiger charge is 2.06. The molecule has 0 heterocycles. The Kier molecular flexibility index (Phi) is 5.82. The zero-order chi connectivity index (χ0) is 16.7. The number of hydrogen-bond acceptors (Lipinski definition) is 3. The minimum Gasteiger partial charge on any atom is -0.449 e. The number of benzene rings is 2. The molecule has 116 valence electrons. The van der Waals surface area contributed by atoms with Crippen molar-refractivity contribution in [2.75, 3.05) is 11.9 Å². The standard InChI is InChI=1S/C18H19BN2O2/c1-2-14-11-16(19)7-6-15(14)8-9-23-18(22)21-17-5-3-4-13(10-17)12-20/h3-7,10-11H,2,8-9,19H2,1H3,(H,21,22). The number of nitrogens with zero attached hydrogens (tertiary/aromatic N) is 1. The number of carbonyl (C=O) groups is 1. The largest absolute Gasteiger partial charge is 0.449 e. The molecule has 2 aromatic rings. The molecule has 0 aliphatic rings. The Hall–Kier alpha value is -2.74. The van der Waals surface area contributed by atoms with Gasteiger partial charge in [-0.25, -0.2) is 4.79 Å². The molecule has 1 amide bonds. The number of rotatable bonds is 5. The second-order valence-corrected chi connectivity index (χ2v) is 5.33. The third-order valence-corrected chi connectivity index (χ3v) is 3.59. The Bertz CT molecular complexity index is 738. The molecule has 23 heavy (non-hydrogen) atoms. The molecule has 0 bridgehead atoms. The maximum atomic E-state index is 11.8. The van der Waals surface area contributed by atoms with Gasteiger partial charge in [0, 0.05) is 12.1 Å². The van der Waals surface area contributed by atoms with Gasteiger partial charge in [0.25, 0.3) is 0 Å². The van der Waals surface area contributed by atoms with Gasteiger partial charge in [0.15, 0.2) is 0 Å². The fourth-order valence-electron chi connectivity index (χ4n) is 2.40. The highest BCUT2D eigenvalue weighted by atomic mass is 16.5. The lowest BCUT2D eigenvalue weighted by atomic mass is 9.90. The Labute approximate surface area is 137 Å². The Morgan fingerprint density at radius 2 is 2.09 bits per heavy atom. The van der Waals surface area contributed by atoms with Gasteiger partial charge in [0.05, 0.1) is 18.2 Å². The van der Waals surface area contributed by atoms with E-state index in [2.05, 4.69) is 38.3 Å². The molecule has 0 atom stereocenters. The fourth-order valence-corrected chi connectivity index (χ4v) is 2.40. The third kappa shape index (κ3) is 4.89. The van der Waals surface area contributed by atoms with Crippen molar-refractivity contribution in [3.05, 3.63) is 59.2 Å². The maximum Gasteiger partial charge on any atom is 0.411 e. The monoisotopic (exact) mass is 306 g/mol. The molecule has 5 heteroatoms. The van der Waals surface area contributed by atoms with Crippen LogP contribution in [0.25, 0.3) is 0 Å². The molecule has 2 aromatic carbocycles. The van der Waals surface area contributed by atoms with Crippen molar-refractivity contribution in [1.82, 2.24) is 0 Å². The van der Waals surface area contributed by atoms with Crippen molar-refractivity contribution in [3.63, 3.8) is 0 Å². The summed E-state index contributed by atoms with van der Waals surface area (Å²) in [5, 5.41) is 11.5. The van der Waals surface area contributed by atoms with Gasteiger partial charge in [-0.1, -0.05) is 36.7 Å². The topological polar surface area (TPSA) is 62.1 Å². The summed E-state index contributed by atoms with van der Waals surface area (Å²) in [6.07, 6.45) is 1.14. The Balaban J connectivity index is 1.86. The van der Waals surface area contributed by atoms with E-state index >= 15 is 0 Å². The SMILES string of the molecule is Bc1ccc(CCOC(=O)Nc2cccc(C#N)c2)c(CC)c1. The molecular formula is C18H19BN2O2. The summed E-state index contributed by atoms with van der Waals surface area (Å²) in [4.78, 5) is 11.8. The summed E-state index contributed by atoms with van der Waals surface area (Å²) in [5.41, 5.74) is 4.78. The van der Waals surface area contributed by atoms with Gasteiger partial charge in [-0.3, -0.25) is 5.32 Å². The van der Waals surface area contributed by atoms with Crippen molar-refractivity contribution < 1.29 is 9.53 Å². The highest BCUT2D eigenvalue weighted by Crippen LogP contribution is 2.11. The van der Waals surface area contributed by atoms with E-state index in [1.165, 1.54) is 16.6 Å². The lowest BCUT2D eigenvalue weighted by Crippen LogP contribution is -2.16. The quantitative estimate of drug-likeness (QED) is 0.861. The number of hydrogen-bond donors (Lipinski definition) is 1. The molecule has 0 saturated carbocycles. The Morgan fingerprint density at radius 3 is 2.83 bits per heavy atom. The maximum absolute atomic E-state index is 11.8. The van der Waals surface area contributed by atoms with Crippen LogP contribution >= 0.6 is 0 Å². The van der Waals surface area contributed by atoms with Gasteiger partial charge in [-0.2, -0.15) is 5.26 Å². The predicted octanol–water partition coefficient (Wildman–Crippen LogP) is 2.17. The molecule has 0 fully saturated rings. The van der Waals surface area contributed by atoms with Crippen LogP contribution in [-0.2, 0) is 17.6 Å². The number of nitriles is 1. The van der Waals surface area contributed by atoms with Gasteiger partial charge in [-0.15, -0.1) is 0 Å². The first-order valence-corrected chi connectivity index (χ1v) is 7.64. The number of aryl methyl sites for hydroxylation is 1. The number of amides is 1. The average molecular weight is 306 g/mol. The molecule has 0 aliphatic heterocycles. The summed E-state index contributed by atoms with van der Waals surface area (Å²) >= 11 is 0. The first kappa shape index (κ1) is 16.6. The summed E-state index contributed by atoms with van der Waals surface area (Å²) in [6.45, 7) is 2.44. The lowest BCUT2D eigenvalue weighted by Gasteiger charge is -2.10. The van der Waals surface area contributed by atoms with Crippen LogP contribution in [0.5, 0.6) is 0 Å². The van der Waals surface area contributed by atoms with Gasteiger partial charge in [0.1, 0.15) is 7.85 Å². The van der Waals surface area contributed by atoms with Gasteiger partial charge >= 0.3 is 6.09 Å². The minimum absolute atomic E-state index is 0.319. The van der Waals surface area contributed by atoms with Crippen LogP contribution in [0.2, 0.25) is 0 Å². The van der Waals surface area contributed by atoms with Crippen LogP contribution in [0, 0.1) is 11.3 Å². The van der Waals surface area contributed by atoms with E-state index in [1.54, 1.807) is 24.3 Å². The van der Waals surface area contributed by atoms with Crippen molar-refractivity contribution in [2.45, 2.75) is 19.8 Å². The number of carbonyl (C=O) groups excluding carboxylic acids is 1. The smallest absolute Gasteiger partial charge is 0.411 e. The fraction of sp³-hybridized carbons (Fsp3) is 0.222. The van der Waals surface area contributed by atoms with E-state index in [4.69, 9.17) is 10.00 Å². The van der Waals surface area contributed by atoms with E-state index in [1.807, 2.05) is 6.07 Å². The molecule has 0 spiro atoms. The van der Waals surface area contributed by atoms with Crippen molar-refractivity contribution in [3.8, 4) is 6.07 Å². The van der Waals surface area contributed by atoms with E-state index in [-0.39, 0.29) is 0 Å². The number of anilines is 1. The number of ether oxygens (including phenoxy) is 1. The zero-order valence-electron chi connectivity index (χ0n) is 13.4. The molecule has 0 aromatic heterocycles. The molecule has 4 nitrogen and oxygen atoms in total. The second-order valence-electron chi connectivity index (χ2n) is 5.33. The third-order valence-electron chi connectivity index (χ3n) is 3.59.